The summed E-state index contributed by atoms with van der Waals surface area (Å²) in [4.78, 5) is 0. The van der Waals surface area contributed by atoms with Gasteiger partial charge < -0.3 is 14.2 Å². The van der Waals surface area contributed by atoms with Crippen molar-refractivity contribution < 1.29 is 18.7 Å². The molecule has 2 aromatic rings. The van der Waals surface area contributed by atoms with Crippen LogP contribution in [0.2, 0.25) is 0 Å². The molecule has 0 bridgehead atoms. The van der Waals surface area contributed by atoms with Gasteiger partial charge in [-0.05, 0) is 67.2 Å². The number of hydrogen-bond acceptors (Lipinski definition) is 4. The fourth-order valence-corrected chi connectivity index (χ4v) is 7.43. The normalized spacial score (nSPS) is 24.1. The molecule has 1 atom stereocenters. The first kappa shape index (κ1) is 23.5. The Bertz CT molecular complexity index is 883. The van der Waals surface area contributed by atoms with Gasteiger partial charge in [-0.2, -0.15) is 0 Å². The van der Waals surface area contributed by atoms with Crippen LogP contribution >= 0.6 is 7.60 Å². The van der Waals surface area contributed by atoms with Crippen LogP contribution in [0.4, 0.5) is 0 Å². The highest BCUT2D eigenvalue weighted by atomic mass is 31.2. The summed E-state index contributed by atoms with van der Waals surface area (Å²) in [6.07, 6.45) is 3.00. The summed E-state index contributed by atoms with van der Waals surface area (Å²) in [5, 5.41) is 14.1. The van der Waals surface area contributed by atoms with Crippen molar-refractivity contribution >= 4 is 18.4 Å². The summed E-state index contributed by atoms with van der Waals surface area (Å²) in [5.41, 5.74) is -0.793. The summed E-state index contributed by atoms with van der Waals surface area (Å²) in [6.45, 7) is 11.0. The van der Waals surface area contributed by atoms with E-state index in [4.69, 9.17) is 9.05 Å². The molecule has 0 unspecified atom stereocenters. The van der Waals surface area contributed by atoms with Crippen molar-refractivity contribution in [3.63, 3.8) is 0 Å². The van der Waals surface area contributed by atoms with Gasteiger partial charge in [0.1, 0.15) is 5.66 Å². The van der Waals surface area contributed by atoms with Crippen LogP contribution in [0.25, 0.3) is 10.8 Å². The van der Waals surface area contributed by atoms with Crippen molar-refractivity contribution in [1.82, 2.24) is 0 Å². The Kier molecular flexibility index (Phi) is 7.14. The van der Waals surface area contributed by atoms with E-state index in [1.54, 1.807) is 0 Å². The molecule has 1 fully saturated rings. The molecule has 1 N–H and O–H groups in total. The predicted molar refractivity (Wildman–Crippen MR) is 124 cm³/mol. The molecular weight excluding hydrogens is 395 g/mol. The highest BCUT2D eigenvalue weighted by Gasteiger charge is 2.52. The fraction of sp³-hybridized carbons (Fsp3) is 0.600. The minimum atomic E-state index is -3.57. The molecule has 0 radical (unpaired) electrons. The number of hydrogen-bond donors (Lipinski definition) is 1. The third-order valence-corrected chi connectivity index (χ3v) is 9.26. The molecule has 1 saturated carbocycles. The van der Waals surface area contributed by atoms with Crippen molar-refractivity contribution in [2.75, 3.05) is 13.2 Å². The van der Waals surface area contributed by atoms with E-state index >= 15 is 0 Å². The Balaban J connectivity index is 2.06. The predicted octanol–water partition coefficient (Wildman–Crippen LogP) is 7.11. The summed E-state index contributed by atoms with van der Waals surface area (Å²) < 4.78 is 25.6. The van der Waals surface area contributed by atoms with E-state index in [1.165, 1.54) is 0 Å². The average Bonchev–Trinajstić information content (AvgIpc) is 2.67. The van der Waals surface area contributed by atoms with E-state index in [9.17, 15) is 9.67 Å². The summed E-state index contributed by atoms with van der Waals surface area (Å²) >= 11 is 0. The smallest absolute Gasteiger partial charge is 0.340 e. The second-order valence-corrected chi connectivity index (χ2v) is 11.7. The molecule has 166 valence electrons. The molecule has 1 aliphatic carbocycles. The standard InChI is InChI=1S/C25H37O4P/c1-6-28-30(27,29-7-2)23(21-13-12-19-10-8-9-11-20(19)18-21)25(26)16-14-22(15-17-25)24(3,4)5/h8-13,18,22-23,26H,6-7,14-17H2,1-5H3/t22?,23-,25?/m0/s1. The van der Waals surface area contributed by atoms with Crippen molar-refractivity contribution in [3.8, 4) is 0 Å². The highest BCUT2D eigenvalue weighted by Crippen LogP contribution is 2.67. The Hall–Kier alpha value is -1.19. The molecule has 0 spiro atoms. The molecule has 1 aliphatic rings. The first-order valence-electron chi connectivity index (χ1n) is 11.2. The first-order valence-corrected chi connectivity index (χ1v) is 12.8. The zero-order valence-electron chi connectivity index (χ0n) is 19.1. The fourth-order valence-electron chi connectivity index (χ4n) is 4.97. The Morgan fingerprint density at radius 3 is 2.13 bits per heavy atom. The van der Waals surface area contributed by atoms with Crippen LogP contribution in [0.5, 0.6) is 0 Å². The number of aliphatic hydroxyl groups is 1. The van der Waals surface area contributed by atoms with Crippen LogP contribution < -0.4 is 0 Å². The second kappa shape index (κ2) is 9.12. The first-order chi connectivity index (χ1) is 14.1. The van der Waals surface area contributed by atoms with Gasteiger partial charge in [0.05, 0.1) is 18.8 Å². The largest absolute Gasteiger partial charge is 0.389 e. The van der Waals surface area contributed by atoms with E-state index in [2.05, 4.69) is 26.8 Å². The monoisotopic (exact) mass is 432 g/mol. The molecule has 0 heterocycles. The van der Waals surface area contributed by atoms with Gasteiger partial charge in [0.25, 0.3) is 0 Å². The van der Waals surface area contributed by atoms with Gasteiger partial charge >= 0.3 is 7.60 Å². The summed E-state index contributed by atoms with van der Waals surface area (Å²) in [6, 6.07) is 14.2. The zero-order chi connectivity index (χ0) is 22.0. The molecule has 0 amide bonds. The summed E-state index contributed by atoms with van der Waals surface area (Å²) in [7, 11) is -3.57. The van der Waals surface area contributed by atoms with E-state index in [0.29, 0.717) is 18.8 Å². The van der Waals surface area contributed by atoms with Gasteiger partial charge in [-0.25, -0.2) is 0 Å². The van der Waals surface area contributed by atoms with E-state index in [0.717, 1.165) is 29.2 Å². The lowest BCUT2D eigenvalue weighted by molar-refractivity contribution is -0.0353. The molecule has 0 saturated heterocycles. The SMILES string of the molecule is CCOP(=O)(OCC)[C@@H](c1ccc2ccccc2c1)C1(O)CCC(C(C)(C)C)CC1. The van der Waals surface area contributed by atoms with Gasteiger partial charge in [-0.3, -0.25) is 4.57 Å². The minimum absolute atomic E-state index is 0.198. The number of rotatable bonds is 7. The number of benzene rings is 2. The van der Waals surface area contributed by atoms with Gasteiger partial charge in [0, 0.05) is 0 Å². The van der Waals surface area contributed by atoms with Gasteiger partial charge in [-0.15, -0.1) is 0 Å². The second-order valence-electron chi connectivity index (χ2n) is 9.63. The molecule has 0 aromatic heterocycles. The third-order valence-electron chi connectivity index (χ3n) is 6.61. The maximum atomic E-state index is 14.0. The minimum Gasteiger partial charge on any atom is -0.389 e. The van der Waals surface area contributed by atoms with Crippen LogP contribution in [-0.2, 0) is 13.6 Å². The Labute approximate surface area is 181 Å². The molecule has 3 rings (SSSR count). The average molecular weight is 433 g/mol. The van der Waals surface area contributed by atoms with E-state index < -0.39 is 18.9 Å². The summed E-state index contributed by atoms with van der Waals surface area (Å²) in [5.74, 6) is 0.536. The van der Waals surface area contributed by atoms with Gasteiger partial charge in [0.15, 0.2) is 0 Å². The van der Waals surface area contributed by atoms with Crippen LogP contribution in [0.15, 0.2) is 42.5 Å². The Morgan fingerprint density at radius 1 is 1.03 bits per heavy atom. The highest BCUT2D eigenvalue weighted by molar-refractivity contribution is 7.54. The molecule has 30 heavy (non-hydrogen) atoms. The lowest BCUT2D eigenvalue weighted by atomic mass is 9.67. The molecular formula is C25H37O4P. The van der Waals surface area contributed by atoms with Gasteiger partial charge in [0.2, 0.25) is 0 Å². The molecule has 2 aromatic carbocycles. The molecule has 4 nitrogen and oxygen atoms in total. The molecule has 0 aliphatic heterocycles. The number of fused-ring (bicyclic) bond motifs is 1. The zero-order valence-corrected chi connectivity index (χ0v) is 20.0. The lowest BCUT2D eigenvalue weighted by Crippen LogP contribution is -2.42. The van der Waals surface area contributed by atoms with Crippen LogP contribution in [0.1, 0.15) is 71.5 Å². The van der Waals surface area contributed by atoms with Gasteiger partial charge in [-0.1, -0.05) is 63.2 Å². The van der Waals surface area contributed by atoms with Crippen molar-refractivity contribution in [2.45, 2.75) is 71.6 Å². The van der Waals surface area contributed by atoms with Crippen molar-refractivity contribution in [3.05, 3.63) is 48.0 Å². The Morgan fingerprint density at radius 2 is 1.60 bits per heavy atom. The third kappa shape index (κ3) is 4.83. The van der Waals surface area contributed by atoms with Crippen LogP contribution in [-0.4, -0.2) is 23.9 Å². The molecule has 5 heteroatoms. The maximum absolute atomic E-state index is 14.0. The lowest BCUT2D eigenvalue weighted by Gasteiger charge is -2.46. The topological polar surface area (TPSA) is 55.8 Å². The van der Waals surface area contributed by atoms with Crippen molar-refractivity contribution in [1.29, 1.82) is 0 Å². The van der Waals surface area contributed by atoms with Crippen molar-refractivity contribution in [2.24, 2.45) is 11.3 Å². The maximum Gasteiger partial charge on any atom is 0.340 e. The van der Waals surface area contributed by atoms with E-state index in [-0.39, 0.29) is 18.6 Å². The quantitative estimate of drug-likeness (QED) is 0.474. The van der Waals surface area contributed by atoms with Crippen LogP contribution in [0, 0.1) is 11.3 Å². The van der Waals surface area contributed by atoms with Crippen LogP contribution in [0.3, 0.4) is 0 Å². The van der Waals surface area contributed by atoms with E-state index in [1.807, 2.05) is 50.2 Å².